The molecular formula is C25H26N2O4. The van der Waals surface area contributed by atoms with Gasteiger partial charge in [-0.2, -0.15) is 0 Å². The van der Waals surface area contributed by atoms with Crippen LogP contribution >= 0.6 is 0 Å². The van der Waals surface area contributed by atoms with Crippen LogP contribution in [0.3, 0.4) is 0 Å². The predicted molar refractivity (Wildman–Crippen MR) is 122 cm³/mol. The lowest BCUT2D eigenvalue weighted by molar-refractivity contribution is -0.115. The highest BCUT2D eigenvalue weighted by Crippen LogP contribution is 2.28. The molecule has 0 radical (unpaired) electrons. The first-order chi connectivity index (χ1) is 15.1. The fraction of sp³-hybridized carbons (Fsp3) is 0.200. The molecule has 160 valence electrons. The second-order valence-electron chi connectivity index (χ2n) is 6.70. The number of amides is 2. The first kappa shape index (κ1) is 21.9. The van der Waals surface area contributed by atoms with Crippen molar-refractivity contribution in [3.05, 3.63) is 78.4 Å². The van der Waals surface area contributed by atoms with E-state index in [4.69, 9.17) is 9.47 Å². The van der Waals surface area contributed by atoms with E-state index >= 15 is 0 Å². The van der Waals surface area contributed by atoms with Crippen LogP contribution in [0.2, 0.25) is 0 Å². The van der Waals surface area contributed by atoms with Gasteiger partial charge in [0, 0.05) is 11.3 Å². The second-order valence-corrected chi connectivity index (χ2v) is 6.70. The van der Waals surface area contributed by atoms with Crippen molar-refractivity contribution in [2.45, 2.75) is 13.8 Å². The minimum Gasteiger partial charge on any atom is -0.490 e. The standard InChI is InChI=1S/C25H26N2O4/c1-3-30-22-15-12-20(16-23(22)31-4-2)25(29)26-17-24(28)27-21-13-10-19(11-14-21)18-8-6-5-7-9-18/h5-16H,3-4,17H2,1-2H3,(H,26,29)(H,27,28). The van der Waals surface area contributed by atoms with Crippen molar-refractivity contribution in [1.29, 1.82) is 0 Å². The molecule has 0 bridgehead atoms. The summed E-state index contributed by atoms with van der Waals surface area (Å²) in [6.07, 6.45) is 0. The summed E-state index contributed by atoms with van der Waals surface area (Å²) in [5.74, 6) is 0.410. The number of carbonyl (C=O) groups is 2. The van der Waals surface area contributed by atoms with E-state index in [1.165, 1.54) is 0 Å². The molecule has 6 nitrogen and oxygen atoms in total. The van der Waals surface area contributed by atoms with Crippen LogP contribution in [-0.2, 0) is 4.79 Å². The van der Waals surface area contributed by atoms with E-state index in [-0.39, 0.29) is 18.4 Å². The first-order valence-corrected chi connectivity index (χ1v) is 10.2. The molecule has 0 heterocycles. The van der Waals surface area contributed by atoms with Crippen molar-refractivity contribution >= 4 is 17.5 Å². The van der Waals surface area contributed by atoms with E-state index in [1.54, 1.807) is 18.2 Å². The number of benzene rings is 3. The lowest BCUT2D eigenvalue weighted by Crippen LogP contribution is -2.32. The molecule has 31 heavy (non-hydrogen) atoms. The van der Waals surface area contributed by atoms with Crippen molar-refractivity contribution in [3.63, 3.8) is 0 Å². The summed E-state index contributed by atoms with van der Waals surface area (Å²) >= 11 is 0. The Morgan fingerprint density at radius 2 is 1.42 bits per heavy atom. The molecule has 0 aliphatic rings. The van der Waals surface area contributed by atoms with Gasteiger partial charge in [-0.15, -0.1) is 0 Å². The molecule has 0 unspecified atom stereocenters. The van der Waals surface area contributed by atoms with Gasteiger partial charge < -0.3 is 20.1 Å². The number of rotatable bonds is 9. The van der Waals surface area contributed by atoms with Crippen molar-refractivity contribution < 1.29 is 19.1 Å². The van der Waals surface area contributed by atoms with Crippen molar-refractivity contribution in [1.82, 2.24) is 5.32 Å². The summed E-state index contributed by atoms with van der Waals surface area (Å²) in [6, 6.07) is 22.5. The van der Waals surface area contributed by atoms with E-state index in [0.29, 0.717) is 36.0 Å². The van der Waals surface area contributed by atoms with E-state index in [9.17, 15) is 9.59 Å². The van der Waals surface area contributed by atoms with Crippen LogP contribution < -0.4 is 20.1 Å². The normalized spacial score (nSPS) is 10.3. The zero-order chi connectivity index (χ0) is 22.1. The molecule has 0 saturated carbocycles. The van der Waals surface area contributed by atoms with Crippen LogP contribution in [0.5, 0.6) is 11.5 Å². The topological polar surface area (TPSA) is 76.7 Å². The lowest BCUT2D eigenvalue weighted by Gasteiger charge is -2.12. The van der Waals surface area contributed by atoms with E-state index in [2.05, 4.69) is 10.6 Å². The number of hydrogen-bond donors (Lipinski definition) is 2. The first-order valence-electron chi connectivity index (χ1n) is 10.2. The Bertz CT molecular complexity index is 1020. The van der Waals surface area contributed by atoms with Gasteiger partial charge in [0.2, 0.25) is 5.91 Å². The molecule has 3 aromatic rings. The monoisotopic (exact) mass is 418 g/mol. The minimum atomic E-state index is -0.362. The third-order valence-corrected chi connectivity index (χ3v) is 4.49. The Morgan fingerprint density at radius 1 is 0.774 bits per heavy atom. The summed E-state index contributed by atoms with van der Waals surface area (Å²) in [6.45, 7) is 4.55. The SMILES string of the molecule is CCOc1ccc(C(=O)NCC(=O)Nc2ccc(-c3ccccc3)cc2)cc1OCC. The average molecular weight is 418 g/mol. The largest absolute Gasteiger partial charge is 0.490 e. The highest BCUT2D eigenvalue weighted by molar-refractivity contribution is 5.99. The summed E-state index contributed by atoms with van der Waals surface area (Å²) < 4.78 is 11.0. The van der Waals surface area contributed by atoms with Gasteiger partial charge in [0.1, 0.15) is 0 Å². The molecule has 3 rings (SSSR count). The molecule has 3 aromatic carbocycles. The van der Waals surface area contributed by atoms with Crippen LogP contribution in [0, 0.1) is 0 Å². The molecule has 0 atom stereocenters. The third kappa shape index (κ3) is 6.09. The summed E-state index contributed by atoms with van der Waals surface area (Å²) in [7, 11) is 0. The van der Waals surface area contributed by atoms with E-state index in [1.807, 2.05) is 68.4 Å². The van der Waals surface area contributed by atoms with Crippen LogP contribution in [0.1, 0.15) is 24.2 Å². The molecule has 0 aliphatic carbocycles. The second kappa shape index (κ2) is 10.8. The van der Waals surface area contributed by atoms with Crippen LogP contribution in [-0.4, -0.2) is 31.6 Å². The van der Waals surface area contributed by atoms with E-state index in [0.717, 1.165) is 11.1 Å². The average Bonchev–Trinajstić information content (AvgIpc) is 2.80. The number of anilines is 1. The van der Waals surface area contributed by atoms with Gasteiger partial charge in [0.25, 0.3) is 5.91 Å². The van der Waals surface area contributed by atoms with Crippen molar-refractivity contribution in [2.75, 3.05) is 25.1 Å². The van der Waals surface area contributed by atoms with Crippen LogP contribution in [0.15, 0.2) is 72.8 Å². The van der Waals surface area contributed by atoms with Gasteiger partial charge in [-0.05, 0) is 55.3 Å². The quantitative estimate of drug-likeness (QED) is 0.536. The van der Waals surface area contributed by atoms with Crippen LogP contribution in [0.25, 0.3) is 11.1 Å². The minimum absolute atomic E-state index is 0.142. The van der Waals surface area contributed by atoms with Gasteiger partial charge >= 0.3 is 0 Å². The predicted octanol–water partition coefficient (Wildman–Crippen LogP) is 4.52. The lowest BCUT2D eigenvalue weighted by atomic mass is 10.1. The molecule has 0 saturated heterocycles. The Hall–Kier alpha value is -3.80. The fourth-order valence-corrected chi connectivity index (χ4v) is 3.04. The smallest absolute Gasteiger partial charge is 0.251 e. The molecular weight excluding hydrogens is 392 g/mol. The Morgan fingerprint density at radius 3 is 2.10 bits per heavy atom. The highest BCUT2D eigenvalue weighted by Gasteiger charge is 2.13. The Labute approximate surface area is 182 Å². The number of nitrogens with one attached hydrogen (secondary N) is 2. The van der Waals surface area contributed by atoms with Gasteiger partial charge in [-0.3, -0.25) is 9.59 Å². The van der Waals surface area contributed by atoms with Crippen molar-refractivity contribution in [3.8, 4) is 22.6 Å². The van der Waals surface area contributed by atoms with Gasteiger partial charge in [-0.25, -0.2) is 0 Å². The van der Waals surface area contributed by atoms with E-state index < -0.39 is 0 Å². The molecule has 0 aromatic heterocycles. The molecule has 0 spiro atoms. The van der Waals surface area contributed by atoms with Gasteiger partial charge in [-0.1, -0.05) is 42.5 Å². The molecule has 6 heteroatoms. The molecule has 0 aliphatic heterocycles. The highest BCUT2D eigenvalue weighted by atomic mass is 16.5. The maximum atomic E-state index is 12.4. The molecule has 0 fully saturated rings. The Balaban J connectivity index is 1.55. The number of hydrogen-bond acceptors (Lipinski definition) is 4. The van der Waals surface area contributed by atoms with Gasteiger partial charge in [0.05, 0.1) is 19.8 Å². The number of ether oxygens (including phenoxy) is 2. The number of carbonyl (C=O) groups excluding carboxylic acids is 2. The van der Waals surface area contributed by atoms with Gasteiger partial charge in [0.15, 0.2) is 11.5 Å². The summed E-state index contributed by atoms with van der Waals surface area (Å²) in [5, 5.41) is 5.42. The van der Waals surface area contributed by atoms with Crippen molar-refractivity contribution in [2.24, 2.45) is 0 Å². The maximum Gasteiger partial charge on any atom is 0.251 e. The molecule has 2 amide bonds. The Kier molecular flexibility index (Phi) is 7.65. The maximum absolute atomic E-state index is 12.4. The third-order valence-electron chi connectivity index (χ3n) is 4.49. The molecule has 2 N–H and O–H groups in total. The summed E-state index contributed by atoms with van der Waals surface area (Å²) in [5.41, 5.74) is 3.23. The summed E-state index contributed by atoms with van der Waals surface area (Å²) in [4.78, 5) is 24.7. The zero-order valence-electron chi connectivity index (χ0n) is 17.7. The van der Waals surface area contributed by atoms with Crippen LogP contribution in [0.4, 0.5) is 5.69 Å². The fourth-order valence-electron chi connectivity index (χ4n) is 3.04. The zero-order valence-corrected chi connectivity index (χ0v) is 17.7.